The molecule has 9 nitrogen and oxygen atoms in total. The number of hydrogen-bond acceptors (Lipinski definition) is 9. The smallest absolute Gasteiger partial charge is 0.394 e. The van der Waals surface area contributed by atoms with Crippen LogP contribution in [0.2, 0.25) is 0 Å². The minimum absolute atomic E-state index is 0.0712. The number of methoxy groups -OCH3 is 2. The average Bonchev–Trinajstić information content (AvgIpc) is 2.99. The maximum absolute atomic E-state index is 13.7. The number of halogens is 3. The third-order valence-electron chi connectivity index (χ3n) is 9.85. The van der Waals surface area contributed by atoms with Gasteiger partial charge in [-0.05, 0) is 32.3 Å². The number of allylic oxidation sites excluding steroid dienone is 5. The molecule has 2 rings (SSSR count). The number of ether oxygens (including phenoxy) is 4. The number of cyclic esters (lactones) is 1. The van der Waals surface area contributed by atoms with E-state index in [9.17, 15) is 38.4 Å². The number of carbonyl (C=O) groups excluding carboxylic acids is 1. The molecule has 13 unspecified atom stereocenters. The predicted octanol–water partition coefficient (Wildman–Crippen LogP) is 5.24. The molecule has 0 bridgehead atoms. The van der Waals surface area contributed by atoms with Gasteiger partial charge in [-0.25, -0.2) is 4.79 Å². The van der Waals surface area contributed by atoms with E-state index in [2.05, 4.69) is 0 Å². The van der Waals surface area contributed by atoms with Gasteiger partial charge in [0.15, 0.2) is 5.79 Å². The number of hydrogen-bond donors (Lipinski definition) is 4. The second-order valence-electron chi connectivity index (χ2n) is 13.6. The molecule has 0 aliphatic carbocycles. The zero-order valence-corrected chi connectivity index (χ0v) is 29.2. The Morgan fingerprint density at radius 3 is 2.23 bits per heavy atom. The molecule has 0 saturated carbocycles. The van der Waals surface area contributed by atoms with Crippen molar-refractivity contribution in [3.05, 3.63) is 47.3 Å². The first kappa shape index (κ1) is 41.0. The fourth-order valence-corrected chi connectivity index (χ4v) is 6.54. The topological polar surface area (TPSA) is 135 Å². The van der Waals surface area contributed by atoms with Gasteiger partial charge < -0.3 is 39.4 Å². The van der Waals surface area contributed by atoms with Crippen molar-refractivity contribution in [2.24, 2.45) is 35.5 Å². The number of alkyl halides is 3. The van der Waals surface area contributed by atoms with Gasteiger partial charge in [-0.3, -0.25) is 0 Å². The minimum Gasteiger partial charge on any atom is -0.490 e. The highest BCUT2D eigenvalue weighted by atomic mass is 19.4. The number of rotatable bonds is 7. The Morgan fingerprint density at radius 2 is 1.68 bits per heavy atom. The molecule has 2 aliphatic heterocycles. The van der Waals surface area contributed by atoms with Gasteiger partial charge in [-0.2, -0.15) is 13.2 Å². The maximum Gasteiger partial charge on any atom is 0.394 e. The lowest BCUT2D eigenvalue weighted by Crippen LogP contribution is -2.60. The summed E-state index contributed by atoms with van der Waals surface area (Å²) in [6, 6.07) is 0. The monoisotopic (exact) mass is 676 g/mol. The van der Waals surface area contributed by atoms with Gasteiger partial charge >= 0.3 is 12.1 Å². The average molecular weight is 677 g/mol. The van der Waals surface area contributed by atoms with Crippen molar-refractivity contribution >= 4 is 5.97 Å². The Labute approximate surface area is 277 Å². The van der Waals surface area contributed by atoms with Gasteiger partial charge in [0.25, 0.3) is 0 Å². The summed E-state index contributed by atoms with van der Waals surface area (Å²) in [6.45, 7) is 12.8. The third kappa shape index (κ3) is 10.4. The molecule has 47 heavy (non-hydrogen) atoms. The molecular weight excluding hydrogens is 621 g/mol. The van der Waals surface area contributed by atoms with Gasteiger partial charge in [0.2, 0.25) is 5.76 Å². The standard InChI is InChI=1S/C35H55F3O9/c1-18-12-11-13-27(44-9)32(46-33(42)28(45-10)16-19(2)15-21(4)29(40)20(3)14-18)23(6)30(41)24(7)34(43)17-26(39)22(5)31(47-34)25(8)35(36,37)38/h11-13,15-16,20-27,29-32,39-41,43H,14,17H2,1-10H3/b13-11-,18-12+,19-15+,28-16+. The van der Waals surface area contributed by atoms with Crippen molar-refractivity contribution in [1.29, 1.82) is 0 Å². The first-order valence-electron chi connectivity index (χ1n) is 16.2. The first-order valence-corrected chi connectivity index (χ1v) is 16.2. The molecule has 0 aromatic rings. The van der Waals surface area contributed by atoms with Crippen molar-refractivity contribution in [3.8, 4) is 0 Å². The Hall–Kier alpha value is -2.22. The minimum atomic E-state index is -4.65. The van der Waals surface area contributed by atoms with Crippen LogP contribution < -0.4 is 0 Å². The summed E-state index contributed by atoms with van der Waals surface area (Å²) in [5.74, 6) is -8.80. The van der Waals surface area contributed by atoms with E-state index in [1.807, 2.05) is 32.9 Å². The predicted molar refractivity (Wildman–Crippen MR) is 171 cm³/mol. The normalized spacial score (nSPS) is 40.3. The quantitative estimate of drug-likeness (QED) is 0.267. The van der Waals surface area contributed by atoms with Gasteiger partial charge in [0, 0.05) is 37.2 Å². The van der Waals surface area contributed by atoms with Gasteiger partial charge in [-0.15, -0.1) is 0 Å². The van der Waals surface area contributed by atoms with E-state index in [0.717, 1.165) is 12.5 Å². The van der Waals surface area contributed by atoms with Crippen LogP contribution in [0.25, 0.3) is 0 Å². The molecule has 2 heterocycles. The molecule has 4 N–H and O–H groups in total. The van der Waals surface area contributed by atoms with Crippen LogP contribution in [-0.2, 0) is 23.7 Å². The highest BCUT2D eigenvalue weighted by Gasteiger charge is 2.55. The van der Waals surface area contributed by atoms with Crippen molar-refractivity contribution in [1.82, 2.24) is 0 Å². The van der Waals surface area contributed by atoms with Crippen molar-refractivity contribution < 1.29 is 57.3 Å². The lowest BCUT2D eigenvalue weighted by molar-refractivity contribution is -0.345. The molecule has 0 aromatic heterocycles. The number of aliphatic hydroxyl groups excluding tert-OH is 3. The summed E-state index contributed by atoms with van der Waals surface area (Å²) in [4.78, 5) is 13.5. The van der Waals surface area contributed by atoms with Gasteiger partial charge in [-0.1, -0.05) is 77.0 Å². The van der Waals surface area contributed by atoms with Gasteiger partial charge in [0.1, 0.15) is 12.2 Å². The van der Waals surface area contributed by atoms with Crippen LogP contribution in [0.1, 0.15) is 68.2 Å². The molecule has 0 radical (unpaired) electrons. The van der Waals surface area contributed by atoms with E-state index in [0.29, 0.717) is 12.0 Å². The largest absolute Gasteiger partial charge is 0.490 e. The first-order chi connectivity index (χ1) is 21.7. The van der Waals surface area contributed by atoms with Crippen LogP contribution in [0.4, 0.5) is 13.2 Å². The van der Waals surface area contributed by atoms with Crippen LogP contribution >= 0.6 is 0 Å². The van der Waals surface area contributed by atoms with Crippen LogP contribution in [-0.4, -0.2) is 89.2 Å². The summed E-state index contributed by atoms with van der Waals surface area (Å²) in [7, 11) is 2.70. The Balaban J connectivity index is 2.54. The van der Waals surface area contributed by atoms with E-state index >= 15 is 0 Å². The van der Waals surface area contributed by atoms with Crippen LogP contribution in [0.15, 0.2) is 47.3 Å². The van der Waals surface area contributed by atoms with Crippen LogP contribution in [0.3, 0.4) is 0 Å². The van der Waals surface area contributed by atoms with Crippen LogP contribution in [0.5, 0.6) is 0 Å². The number of aliphatic hydroxyl groups is 4. The zero-order chi connectivity index (χ0) is 36.0. The molecular formula is C35H55F3O9. The Kier molecular flexibility index (Phi) is 14.8. The SMILES string of the molecule is CO/C1=C/C(C)=C/C(C)C(O)C(C)C/C(C)=C/C=C\C(OC)C(C(C)C(O)C(C)C2(O)CC(O)C(C)C(C(C)C(F)(F)F)O2)OC1=O. The Morgan fingerprint density at radius 1 is 1.06 bits per heavy atom. The van der Waals surface area contributed by atoms with E-state index in [1.165, 1.54) is 34.1 Å². The van der Waals surface area contributed by atoms with Crippen molar-refractivity contribution in [2.75, 3.05) is 14.2 Å². The molecule has 0 spiro atoms. The second kappa shape index (κ2) is 16.9. The van der Waals surface area contributed by atoms with Gasteiger partial charge in [0.05, 0.1) is 37.4 Å². The number of carbonyl (C=O) groups is 1. The summed E-state index contributed by atoms with van der Waals surface area (Å²) >= 11 is 0. The van der Waals surface area contributed by atoms with E-state index in [1.54, 1.807) is 26.0 Å². The molecule has 0 aromatic carbocycles. The molecule has 13 atom stereocenters. The Bertz CT molecular complexity index is 1170. The molecule has 1 fully saturated rings. The summed E-state index contributed by atoms with van der Waals surface area (Å²) < 4.78 is 63.7. The lowest BCUT2D eigenvalue weighted by Gasteiger charge is -2.49. The third-order valence-corrected chi connectivity index (χ3v) is 9.85. The fourth-order valence-electron chi connectivity index (χ4n) is 6.54. The van der Waals surface area contributed by atoms with Crippen molar-refractivity contribution in [2.45, 2.75) is 117 Å². The molecule has 0 amide bonds. The second-order valence-corrected chi connectivity index (χ2v) is 13.6. The molecule has 270 valence electrons. The number of esters is 1. The summed E-state index contributed by atoms with van der Waals surface area (Å²) in [5.41, 5.74) is 1.62. The summed E-state index contributed by atoms with van der Waals surface area (Å²) in [6.07, 6.45) is -3.11. The van der Waals surface area contributed by atoms with Crippen LogP contribution in [0, 0.1) is 35.5 Å². The maximum atomic E-state index is 13.7. The molecule has 12 heteroatoms. The molecule has 1 saturated heterocycles. The van der Waals surface area contributed by atoms with E-state index < -0.39 is 84.6 Å². The molecule has 2 aliphatic rings. The highest BCUT2D eigenvalue weighted by molar-refractivity contribution is 5.87. The lowest BCUT2D eigenvalue weighted by atomic mass is 9.76. The zero-order valence-electron chi connectivity index (χ0n) is 29.2. The van der Waals surface area contributed by atoms with Crippen molar-refractivity contribution in [3.63, 3.8) is 0 Å². The fraction of sp³-hybridized carbons (Fsp3) is 0.743. The summed E-state index contributed by atoms with van der Waals surface area (Å²) in [5, 5.41) is 44.7. The highest BCUT2D eigenvalue weighted by Crippen LogP contribution is 2.44. The van der Waals surface area contributed by atoms with E-state index in [-0.39, 0.29) is 17.6 Å². The van der Waals surface area contributed by atoms with E-state index in [4.69, 9.17) is 18.9 Å².